The lowest BCUT2D eigenvalue weighted by molar-refractivity contribution is -0.137. The Labute approximate surface area is 192 Å². The molecule has 0 saturated carbocycles. The van der Waals surface area contributed by atoms with Crippen molar-refractivity contribution in [2.45, 2.75) is 18.0 Å². The lowest BCUT2D eigenvalue weighted by Gasteiger charge is -2.13. The fraction of sp³-hybridized carbons (Fsp3) is 0.0952. The van der Waals surface area contributed by atoms with E-state index in [0.29, 0.717) is 16.8 Å². The number of carbonyl (C=O) groups excluding carboxylic acids is 1. The van der Waals surface area contributed by atoms with Crippen molar-refractivity contribution in [2.75, 3.05) is 10.0 Å². The number of nitrogens with one attached hydrogen (secondary N) is 2. The Morgan fingerprint density at radius 1 is 0.938 bits per heavy atom. The molecule has 0 aliphatic carbocycles. The molecule has 3 aromatic carbocycles. The molecule has 11 heteroatoms. The van der Waals surface area contributed by atoms with E-state index in [4.69, 9.17) is 23.2 Å². The van der Waals surface area contributed by atoms with E-state index in [0.717, 1.165) is 23.8 Å². The van der Waals surface area contributed by atoms with Crippen molar-refractivity contribution < 1.29 is 26.4 Å². The van der Waals surface area contributed by atoms with Crippen molar-refractivity contribution in [3.8, 4) is 0 Å². The molecule has 0 heterocycles. The highest BCUT2D eigenvalue weighted by molar-refractivity contribution is 7.92. The van der Waals surface area contributed by atoms with E-state index >= 15 is 0 Å². The van der Waals surface area contributed by atoms with Gasteiger partial charge < -0.3 is 5.32 Å². The van der Waals surface area contributed by atoms with Crippen LogP contribution in [0.4, 0.5) is 24.5 Å². The van der Waals surface area contributed by atoms with Gasteiger partial charge in [-0.3, -0.25) is 9.52 Å². The Kier molecular flexibility index (Phi) is 6.73. The molecular formula is C21H15Cl2F3N2O3S. The first-order valence-electron chi connectivity index (χ1n) is 8.94. The maximum atomic E-state index is 13.0. The first-order chi connectivity index (χ1) is 14.9. The zero-order chi connectivity index (χ0) is 23.7. The zero-order valence-corrected chi connectivity index (χ0v) is 18.6. The second-order valence-electron chi connectivity index (χ2n) is 6.74. The molecule has 1 amide bonds. The number of rotatable bonds is 5. The van der Waals surface area contributed by atoms with Crippen molar-refractivity contribution in [1.82, 2.24) is 0 Å². The molecule has 0 aliphatic heterocycles. The molecule has 0 aliphatic rings. The van der Waals surface area contributed by atoms with Crippen LogP contribution in [-0.2, 0) is 16.2 Å². The number of hydrogen-bond donors (Lipinski definition) is 2. The minimum absolute atomic E-state index is 0.0136. The molecule has 32 heavy (non-hydrogen) atoms. The largest absolute Gasteiger partial charge is 0.416 e. The highest BCUT2D eigenvalue weighted by Gasteiger charge is 2.31. The number of anilines is 2. The number of carbonyl (C=O) groups is 1. The second kappa shape index (κ2) is 9.01. The van der Waals surface area contributed by atoms with E-state index in [-0.39, 0.29) is 15.5 Å². The summed E-state index contributed by atoms with van der Waals surface area (Å²) >= 11 is 11.9. The van der Waals surface area contributed by atoms with Crippen LogP contribution in [-0.4, -0.2) is 14.3 Å². The summed E-state index contributed by atoms with van der Waals surface area (Å²) in [5.74, 6) is -0.598. The Bertz CT molecular complexity index is 1300. The summed E-state index contributed by atoms with van der Waals surface area (Å²) in [5, 5.41) is 2.83. The van der Waals surface area contributed by atoms with Gasteiger partial charge in [0.15, 0.2) is 0 Å². The van der Waals surface area contributed by atoms with Gasteiger partial charge in [-0.25, -0.2) is 8.42 Å². The lowest BCUT2D eigenvalue weighted by Crippen LogP contribution is -2.16. The molecule has 0 bridgehead atoms. The van der Waals surface area contributed by atoms with Crippen molar-refractivity contribution in [3.05, 3.63) is 87.4 Å². The van der Waals surface area contributed by atoms with Crippen LogP contribution in [0.2, 0.25) is 10.0 Å². The standard InChI is InChI=1S/C21H15Cl2F3N2O3S/c1-12-5-7-15(11-18(12)23)27-20(29)13-3-2-4-16(9-13)32(30,31)28-19-10-14(21(24,25)26)6-8-17(19)22/h2-11,28H,1H3,(H,27,29). The monoisotopic (exact) mass is 502 g/mol. The molecule has 3 aromatic rings. The first kappa shape index (κ1) is 23.9. The number of alkyl halides is 3. The predicted octanol–water partition coefficient (Wildman–Crippen LogP) is 6.37. The summed E-state index contributed by atoms with van der Waals surface area (Å²) in [5.41, 5.74) is -0.264. The van der Waals surface area contributed by atoms with Gasteiger partial charge in [-0.15, -0.1) is 0 Å². The average Bonchev–Trinajstić information content (AvgIpc) is 2.71. The van der Waals surface area contributed by atoms with E-state index in [1.165, 1.54) is 18.2 Å². The molecule has 0 unspecified atom stereocenters. The summed E-state index contributed by atoms with van der Waals surface area (Å²) in [6, 6.07) is 12.2. The lowest BCUT2D eigenvalue weighted by atomic mass is 10.2. The van der Waals surface area contributed by atoms with Crippen molar-refractivity contribution in [3.63, 3.8) is 0 Å². The average molecular weight is 503 g/mol. The fourth-order valence-corrected chi connectivity index (χ4v) is 4.18. The van der Waals surface area contributed by atoms with Crippen molar-refractivity contribution in [2.24, 2.45) is 0 Å². The number of benzene rings is 3. The van der Waals surface area contributed by atoms with Gasteiger partial charge in [-0.05, 0) is 61.0 Å². The van der Waals surface area contributed by atoms with Gasteiger partial charge in [-0.1, -0.05) is 35.3 Å². The van der Waals surface area contributed by atoms with Crippen LogP contribution in [0.5, 0.6) is 0 Å². The van der Waals surface area contributed by atoms with E-state index in [2.05, 4.69) is 5.32 Å². The summed E-state index contributed by atoms with van der Waals surface area (Å²) < 4.78 is 66.3. The maximum Gasteiger partial charge on any atom is 0.416 e. The summed E-state index contributed by atoms with van der Waals surface area (Å²) in [6.07, 6.45) is -4.68. The van der Waals surface area contributed by atoms with E-state index in [1.54, 1.807) is 25.1 Å². The highest BCUT2D eigenvalue weighted by atomic mass is 35.5. The Morgan fingerprint density at radius 3 is 2.31 bits per heavy atom. The molecule has 0 radical (unpaired) electrons. The van der Waals surface area contributed by atoms with Gasteiger partial charge in [0.1, 0.15) is 0 Å². The third-order valence-electron chi connectivity index (χ3n) is 4.37. The third kappa shape index (κ3) is 5.53. The quantitative estimate of drug-likeness (QED) is 0.425. The number of amides is 1. The Balaban J connectivity index is 1.86. The number of aryl methyl sites for hydroxylation is 1. The third-order valence-corrected chi connectivity index (χ3v) is 6.47. The zero-order valence-electron chi connectivity index (χ0n) is 16.3. The molecule has 2 N–H and O–H groups in total. The van der Waals surface area contributed by atoms with E-state index in [1.807, 2.05) is 4.72 Å². The smallest absolute Gasteiger partial charge is 0.322 e. The molecule has 0 saturated heterocycles. The van der Waals surface area contributed by atoms with E-state index in [9.17, 15) is 26.4 Å². The topological polar surface area (TPSA) is 75.3 Å². The Morgan fingerprint density at radius 2 is 1.66 bits per heavy atom. The summed E-state index contributed by atoms with van der Waals surface area (Å²) in [4.78, 5) is 12.2. The normalized spacial score (nSPS) is 11.8. The molecular weight excluding hydrogens is 488 g/mol. The van der Waals surface area contributed by atoms with Crippen LogP contribution in [0.25, 0.3) is 0 Å². The van der Waals surface area contributed by atoms with Crippen LogP contribution < -0.4 is 10.0 Å². The van der Waals surface area contributed by atoms with E-state index < -0.39 is 33.4 Å². The number of sulfonamides is 1. The molecule has 0 atom stereocenters. The number of hydrogen-bond acceptors (Lipinski definition) is 3. The summed E-state index contributed by atoms with van der Waals surface area (Å²) in [7, 11) is -4.34. The van der Waals surface area contributed by atoms with Gasteiger partial charge in [0.25, 0.3) is 15.9 Å². The fourth-order valence-electron chi connectivity index (χ4n) is 2.66. The molecule has 0 aromatic heterocycles. The van der Waals surface area contributed by atoms with Gasteiger partial charge in [-0.2, -0.15) is 13.2 Å². The van der Waals surface area contributed by atoms with Gasteiger partial charge in [0.05, 0.1) is 21.2 Å². The van der Waals surface area contributed by atoms with Gasteiger partial charge in [0, 0.05) is 16.3 Å². The predicted molar refractivity (Wildman–Crippen MR) is 118 cm³/mol. The van der Waals surface area contributed by atoms with Crippen molar-refractivity contribution >= 4 is 50.5 Å². The first-order valence-corrected chi connectivity index (χ1v) is 11.2. The van der Waals surface area contributed by atoms with Gasteiger partial charge >= 0.3 is 6.18 Å². The molecule has 0 spiro atoms. The molecule has 5 nitrogen and oxygen atoms in total. The summed E-state index contributed by atoms with van der Waals surface area (Å²) in [6.45, 7) is 1.80. The van der Waals surface area contributed by atoms with Gasteiger partial charge in [0.2, 0.25) is 0 Å². The van der Waals surface area contributed by atoms with Crippen LogP contribution in [0.15, 0.2) is 65.6 Å². The van der Waals surface area contributed by atoms with Crippen LogP contribution >= 0.6 is 23.2 Å². The Hall–Kier alpha value is -2.75. The maximum absolute atomic E-state index is 13.0. The molecule has 0 fully saturated rings. The SMILES string of the molecule is Cc1ccc(NC(=O)c2cccc(S(=O)(=O)Nc3cc(C(F)(F)F)ccc3Cl)c2)cc1Cl. The number of halogens is 5. The van der Waals surface area contributed by atoms with Crippen LogP contribution in [0.3, 0.4) is 0 Å². The molecule has 3 rings (SSSR count). The van der Waals surface area contributed by atoms with Crippen LogP contribution in [0, 0.1) is 6.92 Å². The molecule has 168 valence electrons. The highest BCUT2D eigenvalue weighted by Crippen LogP contribution is 2.34. The minimum atomic E-state index is -4.68. The van der Waals surface area contributed by atoms with Crippen LogP contribution in [0.1, 0.15) is 21.5 Å². The second-order valence-corrected chi connectivity index (χ2v) is 9.24. The minimum Gasteiger partial charge on any atom is -0.322 e. The van der Waals surface area contributed by atoms with Crippen molar-refractivity contribution in [1.29, 1.82) is 0 Å².